The SMILES string of the molecule is CC(C)NC(=O)CNc1c(N)cncc1Br. The van der Waals surface area contributed by atoms with Gasteiger partial charge in [-0.3, -0.25) is 9.78 Å². The molecule has 0 unspecified atom stereocenters. The van der Waals surface area contributed by atoms with Crippen molar-refractivity contribution in [1.82, 2.24) is 10.3 Å². The standard InChI is InChI=1S/C10H15BrN4O/c1-6(2)15-9(16)5-14-10-7(11)3-13-4-8(10)12/h3-4,6H,5,12H2,1-2H3,(H,13,14)(H,15,16). The molecule has 1 amide bonds. The number of pyridine rings is 1. The van der Waals surface area contributed by atoms with Crippen LogP contribution in [0, 0.1) is 0 Å². The first-order valence-electron chi connectivity index (χ1n) is 4.93. The first-order chi connectivity index (χ1) is 7.50. The highest BCUT2D eigenvalue weighted by Crippen LogP contribution is 2.26. The van der Waals surface area contributed by atoms with Gasteiger partial charge in [0, 0.05) is 12.2 Å². The van der Waals surface area contributed by atoms with Crippen LogP contribution in [0.5, 0.6) is 0 Å². The second kappa shape index (κ2) is 5.69. The molecule has 0 saturated heterocycles. The van der Waals surface area contributed by atoms with Crippen LogP contribution in [0.3, 0.4) is 0 Å². The molecule has 1 aromatic rings. The van der Waals surface area contributed by atoms with Crippen molar-refractivity contribution in [2.45, 2.75) is 19.9 Å². The maximum Gasteiger partial charge on any atom is 0.239 e. The van der Waals surface area contributed by atoms with Crippen molar-refractivity contribution in [3.8, 4) is 0 Å². The Morgan fingerprint density at radius 2 is 2.25 bits per heavy atom. The fourth-order valence-electron chi connectivity index (χ4n) is 1.18. The second-order valence-electron chi connectivity index (χ2n) is 3.66. The summed E-state index contributed by atoms with van der Waals surface area (Å²) in [6, 6.07) is 0.132. The summed E-state index contributed by atoms with van der Waals surface area (Å²) in [6.45, 7) is 4.01. The number of anilines is 2. The fourth-order valence-corrected chi connectivity index (χ4v) is 1.67. The minimum Gasteiger partial charge on any atom is -0.396 e. The van der Waals surface area contributed by atoms with Crippen LogP contribution in [0.1, 0.15) is 13.8 Å². The molecular formula is C10H15BrN4O. The van der Waals surface area contributed by atoms with Crippen molar-refractivity contribution < 1.29 is 4.79 Å². The van der Waals surface area contributed by atoms with Gasteiger partial charge >= 0.3 is 0 Å². The second-order valence-corrected chi connectivity index (χ2v) is 4.52. The Bertz CT molecular complexity index is 361. The fraction of sp³-hybridized carbons (Fsp3) is 0.400. The van der Waals surface area contributed by atoms with Gasteiger partial charge in [-0.05, 0) is 29.8 Å². The van der Waals surface area contributed by atoms with E-state index >= 15 is 0 Å². The zero-order valence-electron chi connectivity index (χ0n) is 9.25. The number of hydrogen-bond acceptors (Lipinski definition) is 4. The molecule has 0 spiro atoms. The van der Waals surface area contributed by atoms with Crippen LogP contribution in [0.2, 0.25) is 0 Å². The number of aromatic nitrogens is 1. The summed E-state index contributed by atoms with van der Waals surface area (Å²) in [4.78, 5) is 15.3. The van der Waals surface area contributed by atoms with Gasteiger partial charge in [-0.25, -0.2) is 0 Å². The lowest BCUT2D eigenvalue weighted by atomic mass is 10.3. The Kier molecular flexibility index (Phi) is 4.54. The molecule has 88 valence electrons. The molecule has 0 atom stereocenters. The number of nitrogens with two attached hydrogens (primary N) is 1. The Hall–Kier alpha value is -1.30. The van der Waals surface area contributed by atoms with E-state index in [9.17, 15) is 4.79 Å². The Morgan fingerprint density at radius 1 is 1.56 bits per heavy atom. The van der Waals surface area contributed by atoms with Gasteiger partial charge in [0.2, 0.25) is 5.91 Å². The van der Waals surface area contributed by atoms with E-state index in [-0.39, 0.29) is 18.5 Å². The molecule has 0 aliphatic rings. The minimum absolute atomic E-state index is 0.0712. The molecule has 6 heteroatoms. The van der Waals surface area contributed by atoms with Gasteiger partial charge in [0.25, 0.3) is 0 Å². The number of halogens is 1. The molecule has 1 heterocycles. The van der Waals surface area contributed by atoms with E-state index in [1.54, 1.807) is 6.20 Å². The number of nitrogens with zero attached hydrogens (tertiary/aromatic N) is 1. The quantitative estimate of drug-likeness (QED) is 0.781. The van der Waals surface area contributed by atoms with Gasteiger partial charge in [0.1, 0.15) is 0 Å². The van der Waals surface area contributed by atoms with E-state index in [1.807, 2.05) is 13.8 Å². The number of amides is 1. The number of hydrogen-bond donors (Lipinski definition) is 3. The number of nitrogens with one attached hydrogen (secondary N) is 2. The Labute approximate surface area is 103 Å². The average molecular weight is 287 g/mol. The molecule has 1 aromatic heterocycles. The normalized spacial score (nSPS) is 10.2. The largest absolute Gasteiger partial charge is 0.396 e. The van der Waals surface area contributed by atoms with Crippen LogP contribution in [-0.2, 0) is 4.79 Å². The van der Waals surface area contributed by atoms with Gasteiger partial charge < -0.3 is 16.4 Å². The zero-order chi connectivity index (χ0) is 12.1. The topological polar surface area (TPSA) is 80.0 Å². The third kappa shape index (κ3) is 3.69. The van der Waals surface area contributed by atoms with Crippen molar-refractivity contribution in [2.24, 2.45) is 0 Å². The third-order valence-corrected chi connectivity index (χ3v) is 2.41. The summed E-state index contributed by atoms with van der Waals surface area (Å²) in [5.74, 6) is -0.0712. The monoisotopic (exact) mass is 286 g/mol. The molecular weight excluding hydrogens is 272 g/mol. The van der Waals surface area contributed by atoms with Gasteiger partial charge in [-0.2, -0.15) is 0 Å². The summed E-state index contributed by atoms with van der Waals surface area (Å²) in [7, 11) is 0. The van der Waals surface area contributed by atoms with Crippen LogP contribution in [0.15, 0.2) is 16.9 Å². The molecule has 0 aliphatic carbocycles. The molecule has 0 bridgehead atoms. The van der Waals surface area contributed by atoms with E-state index in [2.05, 4.69) is 31.5 Å². The average Bonchev–Trinajstić information content (AvgIpc) is 2.15. The van der Waals surface area contributed by atoms with E-state index in [4.69, 9.17) is 5.73 Å². The van der Waals surface area contributed by atoms with E-state index < -0.39 is 0 Å². The molecule has 5 nitrogen and oxygen atoms in total. The Balaban J connectivity index is 2.58. The number of nitrogen functional groups attached to an aromatic ring is 1. The lowest BCUT2D eigenvalue weighted by molar-refractivity contribution is -0.119. The van der Waals surface area contributed by atoms with Crippen LogP contribution in [0.4, 0.5) is 11.4 Å². The first-order valence-corrected chi connectivity index (χ1v) is 5.72. The van der Waals surface area contributed by atoms with E-state index in [1.165, 1.54) is 6.20 Å². The zero-order valence-corrected chi connectivity index (χ0v) is 10.8. The molecule has 0 aromatic carbocycles. The molecule has 0 saturated carbocycles. The molecule has 0 aliphatic heterocycles. The van der Waals surface area contributed by atoms with Crippen molar-refractivity contribution >= 4 is 33.2 Å². The third-order valence-electron chi connectivity index (χ3n) is 1.80. The lowest BCUT2D eigenvalue weighted by Crippen LogP contribution is -2.35. The molecule has 4 N–H and O–H groups in total. The van der Waals surface area contributed by atoms with E-state index in [0.717, 1.165) is 4.47 Å². The highest BCUT2D eigenvalue weighted by Gasteiger charge is 2.07. The minimum atomic E-state index is -0.0712. The predicted molar refractivity (Wildman–Crippen MR) is 68.1 cm³/mol. The highest BCUT2D eigenvalue weighted by atomic mass is 79.9. The molecule has 0 radical (unpaired) electrons. The molecule has 16 heavy (non-hydrogen) atoms. The van der Waals surface area contributed by atoms with Crippen LogP contribution < -0.4 is 16.4 Å². The summed E-state index contributed by atoms with van der Waals surface area (Å²) in [6.07, 6.45) is 3.16. The Morgan fingerprint density at radius 3 is 2.81 bits per heavy atom. The summed E-state index contributed by atoms with van der Waals surface area (Å²) in [5.41, 5.74) is 6.92. The van der Waals surface area contributed by atoms with Crippen LogP contribution >= 0.6 is 15.9 Å². The van der Waals surface area contributed by atoms with Crippen LogP contribution in [0.25, 0.3) is 0 Å². The summed E-state index contributed by atoms with van der Waals surface area (Å²) in [5, 5.41) is 5.74. The summed E-state index contributed by atoms with van der Waals surface area (Å²) >= 11 is 3.31. The molecule has 0 fully saturated rings. The van der Waals surface area contributed by atoms with Crippen molar-refractivity contribution in [2.75, 3.05) is 17.6 Å². The summed E-state index contributed by atoms with van der Waals surface area (Å²) < 4.78 is 0.741. The highest BCUT2D eigenvalue weighted by molar-refractivity contribution is 9.10. The van der Waals surface area contributed by atoms with Crippen LogP contribution in [-0.4, -0.2) is 23.5 Å². The number of carbonyl (C=O) groups excluding carboxylic acids is 1. The van der Waals surface area contributed by atoms with Crippen molar-refractivity contribution in [3.05, 3.63) is 16.9 Å². The van der Waals surface area contributed by atoms with E-state index in [0.29, 0.717) is 11.4 Å². The first kappa shape index (κ1) is 12.8. The smallest absolute Gasteiger partial charge is 0.239 e. The maximum atomic E-state index is 11.4. The van der Waals surface area contributed by atoms with Gasteiger partial charge in [0.15, 0.2) is 0 Å². The number of carbonyl (C=O) groups is 1. The van der Waals surface area contributed by atoms with Gasteiger partial charge in [-0.1, -0.05) is 0 Å². The number of rotatable bonds is 4. The van der Waals surface area contributed by atoms with Gasteiger partial charge in [-0.15, -0.1) is 0 Å². The lowest BCUT2D eigenvalue weighted by Gasteiger charge is -2.12. The van der Waals surface area contributed by atoms with Crippen molar-refractivity contribution in [3.63, 3.8) is 0 Å². The van der Waals surface area contributed by atoms with Gasteiger partial charge in [0.05, 0.1) is 28.6 Å². The molecule has 1 rings (SSSR count). The maximum absolute atomic E-state index is 11.4. The predicted octanol–water partition coefficient (Wildman–Crippen LogP) is 1.36. The van der Waals surface area contributed by atoms with Crippen molar-refractivity contribution in [1.29, 1.82) is 0 Å².